The average Bonchev–Trinajstić information content (AvgIpc) is 2.69. The lowest BCUT2D eigenvalue weighted by Crippen LogP contribution is -2.57. The fourth-order valence-corrected chi connectivity index (χ4v) is 3.26. The molecule has 1 aliphatic rings. The Morgan fingerprint density at radius 2 is 1.73 bits per heavy atom. The smallest absolute Gasteiger partial charge is 0.258 e. The van der Waals surface area contributed by atoms with Gasteiger partial charge in [0.05, 0.1) is 0 Å². The van der Waals surface area contributed by atoms with Gasteiger partial charge >= 0.3 is 0 Å². The minimum Gasteiger partial charge on any atom is -0.333 e. The fourth-order valence-electron chi connectivity index (χ4n) is 3.26. The molecule has 2 amide bonds. The molecule has 1 N–H and O–H groups in total. The quantitative estimate of drug-likeness (QED) is 0.925. The van der Waals surface area contributed by atoms with Gasteiger partial charge in [-0.25, -0.2) is 0 Å². The SMILES string of the molecule is CC1NCCN(C(=O)c2cccc(C(=O)N(C)c3ccccc3)c2)C1C. The molecule has 0 aromatic heterocycles. The molecule has 2 unspecified atom stereocenters. The van der Waals surface area contributed by atoms with Crippen LogP contribution in [0.3, 0.4) is 0 Å². The van der Waals surface area contributed by atoms with Crippen LogP contribution in [0, 0.1) is 0 Å². The second kappa shape index (κ2) is 7.70. The van der Waals surface area contributed by atoms with E-state index in [4.69, 9.17) is 0 Å². The van der Waals surface area contributed by atoms with Crippen molar-refractivity contribution < 1.29 is 9.59 Å². The van der Waals surface area contributed by atoms with Crippen LogP contribution in [0.4, 0.5) is 5.69 Å². The number of hydrogen-bond acceptors (Lipinski definition) is 3. The molecule has 5 heteroatoms. The summed E-state index contributed by atoms with van der Waals surface area (Å²) < 4.78 is 0. The fraction of sp³-hybridized carbons (Fsp3) is 0.333. The summed E-state index contributed by atoms with van der Waals surface area (Å²) in [6, 6.07) is 16.8. The summed E-state index contributed by atoms with van der Waals surface area (Å²) in [5.74, 6) is -0.157. The third-order valence-corrected chi connectivity index (χ3v) is 5.10. The molecule has 0 radical (unpaired) electrons. The van der Waals surface area contributed by atoms with Crippen molar-refractivity contribution in [2.45, 2.75) is 25.9 Å². The minimum atomic E-state index is -0.132. The molecule has 3 rings (SSSR count). The lowest BCUT2D eigenvalue weighted by molar-refractivity contribution is 0.0603. The van der Waals surface area contributed by atoms with Gasteiger partial charge in [0.15, 0.2) is 0 Å². The topological polar surface area (TPSA) is 52.7 Å². The van der Waals surface area contributed by atoms with Crippen LogP contribution in [0.15, 0.2) is 54.6 Å². The normalized spacial score (nSPS) is 19.9. The molecule has 1 saturated heterocycles. The van der Waals surface area contributed by atoms with Crippen molar-refractivity contribution in [2.24, 2.45) is 0 Å². The highest BCUT2D eigenvalue weighted by molar-refractivity contribution is 6.07. The molecule has 2 aromatic carbocycles. The number of rotatable bonds is 3. The summed E-state index contributed by atoms with van der Waals surface area (Å²) in [5.41, 5.74) is 1.88. The summed E-state index contributed by atoms with van der Waals surface area (Å²) in [6.45, 7) is 5.59. The van der Waals surface area contributed by atoms with Crippen LogP contribution in [-0.2, 0) is 0 Å². The van der Waals surface area contributed by atoms with E-state index in [1.165, 1.54) is 0 Å². The van der Waals surface area contributed by atoms with Crippen LogP contribution in [0.5, 0.6) is 0 Å². The maximum atomic E-state index is 12.9. The molecule has 0 bridgehead atoms. The van der Waals surface area contributed by atoms with Gasteiger partial charge in [-0.05, 0) is 44.2 Å². The Kier molecular flexibility index (Phi) is 5.38. The van der Waals surface area contributed by atoms with Gasteiger partial charge in [0, 0.05) is 49.0 Å². The van der Waals surface area contributed by atoms with Gasteiger partial charge in [0.1, 0.15) is 0 Å². The van der Waals surface area contributed by atoms with Crippen LogP contribution in [0.1, 0.15) is 34.6 Å². The Labute approximate surface area is 154 Å². The third-order valence-electron chi connectivity index (χ3n) is 5.10. The number of benzene rings is 2. The molecule has 5 nitrogen and oxygen atoms in total. The van der Waals surface area contributed by atoms with Crippen molar-refractivity contribution in [3.8, 4) is 0 Å². The first kappa shape index (κ1) is 18.1. The van der Waals surface area contributed by atoms with E-state index in [0.29, 0.717) is 17.7 Å². The Bertz CT molecular complexity index is 791. The van der Waals surface area contributed by atoms with E-state index < -0.39 is 0 Å². The molecule has 0 aliphatic carbocycles. The van der Waals surface area contributed by atoms with Crippen LogP contribution in [-0.4, -0.2) is 48.9 Å². The van der Waals surface area contributed by atoms with Crippen molar-refractivity contribution in [2.75, 3.05) is 25.0 Å². The van der Waals surface area contributed by atoms with Gasteiger partial charge in [0.2, 0.25) is 0 Å². The number of para-hydroxylation sites is 1. The highest BCUT2D eigenvalue weighted by atomic mass is 16.2. The number of amides is 2. The summed E-state index contributed by atoms with van der Waals surface area (Å²) in [5, 5.41) is 3.38. The maximum absolute atomic E-state index is 12.9. The van der Waals surface area contributed by atoms with E-state index in [0.717, 1.165) is 12.2 Å². The van der Waals surface area contributed by atoms with E-state index >= 15 is 0 Å². The Balaban J connectivity index is 1.82. The van der Waals surface area contributed by atoms with E-state index in [-0.39, 0.29) is 23.9 Å². The molecule has 26 heavy (non-hydrogen) atoms. The van der Waals surface area contributed by atoms with Crippen molar-refractivity contribution in [3.05, 3.63) is 65.7 Å². The monoisotopic (exact) mass is 351 g/mol. The van der Waals surface area contributed by atoms with Crippen LogP contribution < -0.4 is 10.2 Å². The first-order valence-corrected chi connectivity index (χ1v) is 8.96. The zero-order valence-corrected chi connectivity index (χ0v) is 15.5. The molecule has 2 aromatic rings. The number of nitrogens with zero attached hydrogens (tertiary/aromatic N) is 2. The highest BCUT2D eigenvalue weighted by Gasteiger charge is 2.29. The summed E-state index contributed by atoms with van der Waals surface area (Å²) in [4.78, 5) is 29.2. The number of hydrogen-bond donors (Lipinski definition) is 1. The van der Waals surface area contributed by atoms with Gasteiger partial charge in [-0.15, -0.1) is 0 Å². The summed E-state index contributed by atoms with van der Waals surface area (Å²) in [6.07, 6.45) is 0. The molecule has 136 valence electrons. The zero-order chi connectivity index (χ0) is 18.7. The van der Waals surface area contributed by atoms with Crippen molar-refractivity contribution in [1.29, 1.82) is 0 Å². The predicted molar refractivity (Wildman–Crippen MR) is 104 cm³/mol. The van der Waals surface area contributed by atoms with E-state index in [2.05, 4.69) is 12.2 Å². The van der Waals surface area contributed by atoms with Gasteiger partial charge < -0.3 is 15.1 Å². The van der Waals surface area contributed by atoms with Gasteiger partial charge in [-0.3, -0.25) is 9.59 Å². The average molecular weight is 351 g/mol. The number of nitrogens with one attached hydrogen (secondary N) is 1. The highest BCUT2D eigenvalue weighted by Crippen LogP contribution is 2.18. The first-order valence-electron chi connectivity index (χ1n) is 8.96. The van der Waals surface area contributed by atoms with Crippen molar-refractivity contribution >= 4 is 17.5 Å². The number of carbonyl (C=O) groups excluding carboxylic acids is 2. The Morgan fingerprint density at radius 3 is 2.46 bits per heavy atom. The summed E-state index contributed by atoms with van der Waals surface area (Å²) >= 11 is 0. The molecule has 0 spiro atoms. The number of anilines is 1. The maximum Gasteiger partial charge on any atom is 0.258 e. The lowest BCUT2D eigenvalue weighted by atomic mass is 10.0. The first-order chi connectivity index (χ1) is 12.5. The largest absolute Gasteiger partial charge is 0.333 e. The number of carbonyl (C=O) groups is 2. The standard InChI is InChI=1S/C21H25N3O2/c1-15-16(2)24(13-12-22-15)21(26)18-9-7-8-17(14-18)20(25)23(3)19-10-5-4-6-11-19/h4-11,14-16,22H,12-13H2,1-3H3. The summed E-state index contributed by atoms with van der Waals surface area (Å²) in [7, 11) is 1.74. The van der Waals surface area contributed by atoms with E-state index in [1.54, 1.807) is 36.2 Å². The van der Waals surface area contributed by atoms with E-state index in [1.807, 2.05) is 42.2 Å². The van der Waals surface area contributed by atoms with Crippen LogP contribution in [0.25, 0.3) is 0 Å². The Morgan fingerprint density at radius 1 is 1.04 bits per heavy atom. The van der Waals surface area contributed by atoms with Crippen molar-refractivity contribution in [1.82, 2.24) is 10.2 Å². The minimum absolute atomic E-state index is 0.0251. The van der Waals surface area contributed by atoms with E-state index in [9.17, 15) is 9.59 Å². The Hall–Kier alpha value is -2.66. The van der Waals surface area contributed by atoms with Gasteiger partial charge in [0.25, 0.3) is 11.8 Å². The van der Waals surface area contributed by atoms with Gasteiger partial charge in [-0.2, -0.15) is 0 Å². The lowest BCUT2D eigenvalue weighted by Gasteiger charge is -2.38. The third kappa shape index (κ3) is 3.63. The van der Waals surface area contributed by atoms with Gasteiger partial charge in [-0.1, -0.05) is 24.3 Å². The molecule has 1 heterocycles. The van der Waals surface area contributed by atoms with Crippen molar-refractivity contribution in [3.63, 3.8) is 0 Å². The second-order valence-electron chi connectivity index (χ2n) is 6.76. The number of piperazine rings is 1. The molecule has 2 atom stereocenters. The molecular weight excluding hydrogens is 326 g/mol. The van der Waals surface area contributed by atoms with Crippen LogP contribution >= 0.6 is 0 Å². The predicted octanol–water partition coefficient (Wildman–Crippen LogP) is 2.79. The molecular formula is C21H25N3O2. The second-order valence-corrected chi connectivity index (χ2v) is 6.76. The molecule has 1 fully saturated rings. The molecule has 1 aliphatic heterocycles. The van der Waals surface area contributed by atoms with Crippen LogP contribution in [0.2, 0.25) is 0 Å². The zero-order valence-electron chi connectivity index (χ0n) is 15.5. The molecule has 0 saturated carbocycles.